The summed E-state index contributed by atoms with van der Waals surface area (Å²) in [5.41, 5.74) is 0.945. The number of hydrogen-bond donors (Lipinski definition) is 2. The predicted molar refractivity (Wildman–Crippen MR) is 136 cm³/mol. The topological polar surface area (TPSA) is 96.2 Å². The van der Waals surface area contributed by atoms with Crippen molar-refractivity contribution in [1.82, 2.24) is 24.8 Å². The molecule has 0 bridgehead atoms. The molecule has 6 rings (SSSR count). The quantitative estimate of drug-likeness (QED) is 0.436. The Labute approximate surface area is 211 Å². The molecule has 2 N–H and O–H groups in total. The van der Waals surface area contributed by atoms with Gasteiger partial charge in [-0.15, -0.1) is 0 Å². The maximum atomic E-state index is 15.6. The molecule has 190 valence electrons. The number of anilines is 1. The fourth-order valence-corrected chi connectivity index (χ4v) is 5.12. The Balaban J connectivity index is 1.72. The van der Waals surface area contributed by atoms with Crippen LogP contribution in [0.15, 0.2) is 41.3 Å². The van der Waals surface area contributed by atoms with Gasteiger partial charge in [0.2, 0.25) is 0 Å². The summed E-state index contributed by atoms with van der Waals surface area (Å²) in [6.07, 6.45) is 3.62. The van der Waals surface area contributed by atoms with E-state index in [1.165, 1.54) is 22.8 Å². The number of aromatic nitrogens is 4. The van der Waals surface area contributed by atoms with Crippen LogP contribution in [0.1, 0.15) is 36.9 Å². The third-order valence-corrected chi connectivity index (χ3v) is 7.15. The summed E-state index contributed by atoms with van der Waals surface area (Å²) in [4.78, 5) is 29.2. The molecule has 2 aliphatic rings. The Kier molecular flexibility index (Phi) is 5.63. The molecule has 4 aromatic rings. The molecule has 0 amide bonds. The number of hydrogen-bond acceptors (Lipinski definition) is 7. The molecule has 3 aromatic heterocycles. The molecule has 0 radical (unpaired) electrons. The third-order valence-electron chi connectivity index (χ3n) is 7.15. The third kappa shape index (κ3) is 3.92. The van der Waals surface area contributed by atoms with Crippen molar-refractivity contribution in [3.05, 3.63) is 69.9 Å². The first kappa shape index (κ1) is 23.5. The highest BCUT2D eigenvalue weighted by Crippen LogP contribution is 2.43. The number of benzene rings is 1. The fraction of sp³-hybridized carbons (Fsp3) is 0.333. The van der Waals surface area contributed by atoms with Gasteiger partial charge in [0, 0.05) is 37.8 Å². The Morgan fingerprint density at radius 1 is 1.14 bits per heavy atom. The minimum absolute atomic E-state index is 0.000188. The SMILES string of the molecule is Cc1ccnc(C2CC2)c1-n1c(=O)nc(N2CCNC[C@@H]2C)c2cc(F)c(-c3c(O)cccc3F)nc21. The number of aromatic hydroxyl groups is 1. The lowest BCUT2D eigenvalue weighted by Gasteiger charge is -2.35. The number of fused-ring (bicyclic) bond motifs is 1. The molecule has 1 aromatic carbocycles. The second-order valence-corrected chi connectivity index (χ2v) is 9.76. The highest BCUT2D eigenvalue weighted by molar-refractivity contribution is 5.91. The molecule has 1 saturated carbocycles. The van der Waals surface area contributed by atoms with E-state index in [4.69, 9.17) is 0 Å². The van der Waals surface area contributed by atoms with Crippen LogP contribution in [0.2, 0.25) is 0 Å². The molecule has 37 heavy (non-hydrogen) atoms. The maximum Gasteiger partial charge on any atom is 0.355 e. The molecular formula is C27H26F2N6O2. The monoisotopic (exact) mass is 504 g/mol. The smallest absolute Gasteiger partial charge is 0.355 e. The Morgan fingerprint density at radius 3 is 2.68 bits per heavy atom. The van der Waals surface area contributed by atoms with Gasteiger partial charge in [-0.2, -0.15) is 4.98 Å². The normalized spacial score (nSPS) is 17.9. The summed E-state index contributed by atoms with van der Waals surface area (Å²) in [7, 11) is 0. The minimum Gasteiger partial charge on any atom is -0.507 e. The number of rotatable bonds is 4. The van der Waals surface area contributed by atoms with Gasteiger partial charge in [0.1, 0.15) is 23.1 Å². The van der Waals surface area contributed by atoms with E-state index in [1.807, 2.05) is 18.7 Å². The lowest BCUT2D eigenvalue weighted by Crippen LogP contribution is -2.50. The van der Waals surface area contributed by atoms with E-state index in [0.717, 1.165) is 30.2 Å². The standard InChI is InChI=1S/C27H26F2N6O2/c1-14-8-9-31-22(16-6-7-16)24(14)35-26-17(25(33-27(35)37)34-11-10-30-13-15(34)2)12-19(29)23(32-26)21-18(28)4-3-5-20(21)36/h3-5,8-9,12,15-16,30,36H,6-7,10-11,13H2,1-2H3/t15-/m0/s1. The van der Waals surface area contributed by atoms with Crippen LogP contribution >= 0.6 is 0 Å². The van der Waals surface area contributed by atoms with Crippen molar-refractivity contribution in [3.8, 4) is 22.7 Å². The number of nitrogens with zero attached hydrogens (tertiary/aromatic N) is 5. The van der Waals surface area contributed by atoms with Crippen LogP contribution in [0.25, 0.3) is 28.0 Å². The average molecular weight is 505 g/mol. The average Bonchev–Trinajstić information content (AvgIpc) is 3.71. The Hall–Kier alpha value is -3.92. The number of pyridine rings is 2. The summed E-state index contributed by atoms with van der Waals surface area (Å²) >= 11 is 0. The number of aryl methyl sites for hydroxylation is 1. The predicted octanol–water partition coefficient (Wildman–Crippen LogP) is 3.81. The van der Waals surface area contributed by atoms with E-state index >= 15 is 4.39 Å². The molecule has 4 heterocycles. The molecule has 1 saturated heterocycles. The van der Waals surface area contributed by atoms with Gasteiger partial charge in [-0.1, -0.05) is 6.07 Å². The summed E-state index contributed by atoms with van der Waals surface area (Å²) in [6.45, 7) is 5.80. The second kappa shape index (κ2) is 8.88. The molecule has 8 nitrogen and oxygen atoms in total. The highest BCUT2D eigenvalue weighted by Gasteiger charge is 2.32. The van der Waals surface area contributed by atoms with E-state index in [9.17, 15) is 14.3 Å². The number of halogens is 2. The molecule has 0 unspecified atom stereocenters. The lowest BCUT2D eigenvalue weighted by molar-refractivity contribution is 0.470. The number of phenolic OH excluding ortho intramolecular Hbond substituents is 1. The van der Waals surface area contributed by atoms with Crippen molar-refractivity contribution in [1.29, 1.82) is 0 Å². The van der Waals surface area contributed by atoms with E-state index in [-0.39, 0.29) is 28.9 Å². The van der Waals surface area contributed by atoms with Gasteiger partial charge in [-0.05, 0) is 56.5 Å². The minimum atomic E-state index is -0.825. The van der Waals surface area contributed by atoms with Crippen molar-refractivity contribution in [3.63, 3.8) is 0 Å². The van der Waals surface area contributed by atoms with Gasteiger partial charge >= 0.3 is 5.69 Å². The molecular weight excluding hydrogens is 478 g/mol. The van der Waals surface area contributed by atoms with Crippen LogP contribution in [0.5, 0.6) is 5.75 Å². The number of piperazine rings is 1. The number of phenols is 1. The van der Waals surface area contributed by atoms with Crippen LogP contribution in [0, 0.1) is 18.6 Å². The summed E-state index contributed by atoms with van der Waals surface area (Å²) in [5, 5.41) is 14.0. The summed E-state index contributed by atoms with van der Waals surface area (Å²) in [6, 6.07) is 6.77. The van der Waals surface area contributed by atoms with Gasteiger partial charge < -0.3 is 15.3 Å². The molecule has 2 fully saturated rings. The zero-order chi connectivity index (χ0) is 25.8. The first-order chi connectivity index (χ1) is 17.8. The van der Waals surface area contributed by atoms with Crippen molar-refractivity contribution < 1.29 is 13.9 Å². The van der Waals surface area contributed by atoms with Gasteiger partial charge in [0.15, 0.2) is 11.5 Å². The first-order valence-electron chi connectivity index (χ1n) is 12.4. The first-order valence-corrected chi connectivity index (χ1v) is 12.4. The zero-order valence-electron chi connectivity index (χ0n) is 20.5. The molecule has 10 heteroatoms. The summed E-state index contributed by atoms with van der Waals surface area (Å²) < 4.78 is 31.8. The van der Waals surface area contributed by atoms with Gasteiger partial charge in [0.05, 0.1) is 22.3 Å². The fourth-order valence-electron chi connectivity index (χ4n) is 5.12. The van der Waals surface area contributed by atoms with Gasteiger partial charge in [-0.3, -0.25) is 4.98 Å². The van der Waals surface area contributed by atoms with Crippen LogP contribution in [0.4, 0.5) is 14.6 Å². The van der Waals surface area contributed by atoms with Crippen molar-refractivity contribution in [2.75, 3.05) is 24.5 Å². The van der Waals surface area contributed by atoms with Crippen molar-refractivity contribution >= 4 is 16.9 Å². The van der Waals surface area contributed by atoms with Crippen LogP contribution < -0.4 is 15.9 Å². The van der Waals surface area contributed by atoms with Crippen LogP contribution in [-0.4, -0.2) is 50.3 Å². The Morgan fingerprint density at radius 2 is 1.95 bits per heavy atom. The molecule has 1 aliphatic carbocycles. The van der Waals surface area contributed by atoms with E-state index in [0.29, 0.717) is 36.5 Å². The van der Waals surface area contributed by atoms with Gasteiger partial charge in [0.25, 0.3) is 0 Å². The largest absolute Gasteiger partial charge is 0.507 e. The van der Waals surface area contributed by atoms with Crippen LogP contribution in [0.3, 0.4) is 0 Å². The molecule has 1 atom stereocenters. The van der Waals surface area contributed by atoms with Crippen LogP contribution in [-0.2, 0) is 0 Å². The van der Waals surface area contributed by atoms with E-state index in [2.05, 4.69) is 20.3 Å². The maximum absolute atomic E-state index is 15.6. The molecule has 1 aliphatic heterocycles. The highest BCUT2D eigenvalue weighted by atomic mass is 19.1. The van der Waals surface area contributed by atoms with E-state index < -0.39 is 23.1 Å². The second-order valence-electron chi connectivity index (χ2n) is 9.76. The van der Waals surface area contributed by atoms with E-state index in [1.54, 1.807) is 12.3 Å². The van der Waals surface area contributed by atoms with Crippen molar-refractivity contribution in [2.24, 2.45) is 0 Å². The lowest BCUT2D eigenvalue weighted by atomic mass is 10.1. The Bertz CT molecular complexity index is 1580. The van der Waals surface area contributed by atoms with Gasteiger partial charge in [-0.25, -0.2) is 23.1 Å². The van der Waals surface area contributed by atoms with Crippen molar-refractivity contribution in [2.45, 2.75) is 38.6 Å². The summed E-state index contributed by atoms with van der Waals surface area (Å²) in [5.74, 6) is -1.55. The number of nitrogens with one attached hydrogen (secondary N) is 1. The molecule has 0 spiro atoms. The zero-order valence-corrected chi connectivity index (χ0v) is 20.5.